The molecule has 1 N–H and O–H groups in total. The Labute approximate surface area is 186 Å². The number of benzene rings is 2. The maximum Gasteiger partial charge on any atom is 0.255 e. The van der Waals surface area contributed by atoms with Gasteiger partial charge in [-0.05, 0) is 35.4 Å². The highest BCUT2D eigenvalue weighted by molar-refractivity contribution is 6.30. The van der Waals surface area contributed by atoms with Gasteiger partial charge >= 0.3 is 0 Å². The molecule has 0 unspecified atom stereocenters. The molecule has 0 bridgehead atoms. The standard InChI is InChI=1S/C25H24ClN3O2/c26-21-10-8-18(9-11-21)14-29-22(15-30)23(19-5-2-1-3-6-19)25(29)16-28(17-25)24(31)20-7-4-12-27-13-20/h1-13,22-23,30H,14-17H2/t22-,23-/m1/s1. The molecule has 3 heterocycles. The van der Waals surface area contributed by atoms with Crippen LogP contribution in [0.5, 0.6) is 0 Å². The lowest BCUT2D eigenvalue weighted by molar-refractivity contribution is -0.184. The summed E-state index contributed by atoms with van der Waals surface area (Å²) in [5.41, 5.74) is 2.77. The lowest BCUT2D eigenvalue weighted by atomic mass is 9.60. The van der Waals surface area contributed by atoms with Crippen LogP contribution in [0.25, 0.3) is 0 Å². The molecule has 2 fully saturated rings. The van der Waals surface area contributed by atoms with Crippen molar-refractivity contribution < 1.29 is 9.90 Å². The predicted octanol–water partition coefficient (Wildman–Crippen LogP) is 3.59. The Balaban J connectivity index is 1.43. The molecule has 2 aromatic carbocycles. The zero-order valence-corrected chi connectivity index (χ0v) is 17.8. The third kappa shape index (κ3) is 3.43. The molecule has 158 valence electrons. The number of hydrogen-bond acceptors (Lipinski definition) is 4. The van der Waals surface area contributed by atoms with Crippen molar-refractivity contribution in [3.8, 4) is 0 Å². The van der Waals surface area contributed by atoms with Gasteiger partial charge in [-0.15, -0.1) is 0 Å². The first-order valence-electron chi connectivity index (χ1n) is 10.5. The Morgan fingerprint density at radius 1 is 1.06 bits per heavy atom. The molecule has 2 aliphatic heterocycles. The van der Waals surface area contributed by atoms with Crippen LogP contribution in [0.2, 0.25) is 5.02 Å². The molecule has 1 aromatic heterocycles. The highest BCUT2D eigenvalue weighted by atomic mass is 35.5. The fourth-order valence-electron chi connectivity index (χ4n) is 5.23. The van der Waals surface area contributed by atoms with E-state index in [1.807, 2.05) is 47.4 Å². The van der Waals surface area contributed by atoms with E-state index in [4.69, 9.17) is 11.6 Å². The van der Waals surface area contributed by atoms with Crippen LogP contribution in [0, 0.1) is 0 Å². The molecule has 3 aromatic rings. The number of nitrogens with zero attached hydrogens (tertiary/aromatic N) is 3. The van der Waals surface area contributed by atoms with Crippen LogP contribution in [0.15, 0.2) is 79.1 Å². The summed E-state index contributed by atoms with van der Waals surface area (Å²) in [5, 5.41) is 11.0. The average Bonchev–Trinajstić information content (AvgIpc) is 2.78. The van der Waals surface area contributed by atoms with Gasteiger partial charge in [-0.3, -0.25) is 14.7 Å². The summed E-state index contributed by atoms with van der Waals surface area (Å²) in [6, 6.07) is 21.8. The van der Waals surface area contributed by atoms with E-state index in [1.54, 1.807) is 24.5 Å². The van der Waals surface area contributed by atoms with Crippen molar-refractivity contribution in [3.63, 3.8) is 0 Å². The van der Waals surface area contributed by atoms with E-state index in [0.717, 1.165) is 5.56 Å². The summed E-state index contributed by atoms with van der Waals surface area (Å²) in [6.45, 7) is 2.04. The second kappa shape index (κ2) is 8.08. The van der Waals surface area contributed by atoms with Gasteiger partial charge in [0.15, 0.2) is 0 Å². The molecule has 5 rings (SSSR count). The quantitative estimate of drug-likeness (QED) is 0.668. The molecule has 5 nitrogen and oxygen atoms in total. The number of hydrogen-bond donors (Lipinski definition) is 1. The summed E-state index contributed by atoms with van der Waals surface area (Å²) < 4.78 is 0. The third-order valence-corrected chi connectivity index (χ3v) is 6.92. The SMILES string of the molecule is O=C(c1cccnc1)N1CC2(C1)[C@H](c1ccccc1)[C@@H](CO)N2Cc1ccc(Cl)cc1. The van der Waals surface area contributed by atoms with Crippen molar-refractivity contribution in [2.75, 3.05) is 19.7 Å². The number of amides is 1. The van der Waals surface area contributed by atoms with Crippen LogP contribution < -0.4 is 0 Å². The molecule has 0 aliphatic carbocycles. The molecule has 6 heteroatoms. The second-order valence-electron chi connectivity index (χ2n) is 8.40. The number of halogens is 1. The van der Waals surface area contributed by atoms with Crippen LogP contribution >= 0.6 is 11.6 Å². The van der Waals surface area contributed by atoms with Crippen molar-refractivity contribution in [2.24, 2.45) is 0 Å². The molecule has 0 radical (unpaired) electrons. The maximum absolute atomic E-state index is 13.0. The normalized spacial score (nSPS) is 22.1. The van der Waals surface area contributed by atoms with Crippen molar-refractivity contribution >= 4 is 17.5 Å². The Hall–Kier alpha value is -2.73. The lowest BCUT2D eigenvalue weighted by Crippen LogP contribution is -2.84. The van der Waals surface area contributed by atoms with E-state index in [-0.39, 0.29) is 30.0 Å². The van der Waals surface area contributed by atoms with Gasteiger partial charge in [0.25, 0.3) is 5.91 Å². The summed E-state index contributed by atoms with van der Waals surface area (Å²) in [4.78, 5) is 21.3. The van der Waals surface area contributed by atoms with Gasteiger partial charge < -0.3 is 10.0 Å². The van der Waals surface area contributed by atoms with Crippen molar-refractivity contribution in [1.82, 2.24) is 14.8 Å². The first kappa shape index (κ1) is 20.2. The zero-order chi connectivity index (χ0) is 21.4. The first-order chi connectivity index (χ1) is 15.1. The van der Waals surface area contributed by atoms with Crippen LogP contribution in [-0.4, -0.2) is 57.1 Å². The van der Waals surface area contributed by atoms with Gasteiger partial charge in [0.05, 0.1) is 17.7 Å². The smallest absolute Gasteiger partial charge is 0.255 e. The fraction of sp³-hybridized carbons (Fsp3) is 0.280. The largest absolute Gasteiger partial charge is 0.395 e. The summed E-state index contributed by atoms with van der Waals surface area (Å²) in [7, 11) is 0. The van der Waals surface area contributed by atoms with E-state index in [9.17, 15) is 9.90 Å². The highest BCUT2D eigenvalue weighted by Gasteiger charge is 2.66. The Kier molecular flexibility index (Phi) is 5.26. The Bertz CT molecular complexity index is 1050. The van der Waals surface area contributed by atoms with Gasteiger partial charge in [0.1, 0.15) is 0 Å². The number of pyridine rings is 1. The number of aromatic nitrogens is 1. The molecule has 0 saturated carbocycles. The third-order valence-electron chi connectivity index (χ3n) is 6.67. The molecule has 1 spiro atoms. The first-order valence-corrected chi connectivity index (χ1v) is 10.9. The second-order valence-corrected chi connectivity index (χ2v) is 8.84. The number of aliphatic hydroxyl groups excluding tert-OH is 1. The molecule has 2 saturated heterocycles. The lowest BCUT2D eigenvalue weighted by Gasteiger charge is -2.70. The minimum absolute atomic E-state index is 0.00410. The number of aliphatic hydroxyl groups is 1. The fourth-order valence-corrected chi connectivity index (χ4v) is 5.36. The maximum atomic E-state index is 13.0. The molecule has 31 heavy (non-hydrogen) atoms. The van der Waals surface area contributed by atoms with E-state index < -0.39 is 0 Å². The van der Waals surface area contributed by atoms with Gasteiger partial charge in [-0.1, -0.05) is 54.1 Å². The van der Waals surface area contributed by atoms with E-state index in [0.29, 0.717) is 30.2 Å². The number of carbonyl (C=O) groups is 1. The Morgan fingerprint density at radius 2 is 1.81 bits per heavy atom. The minimum Gasteiger partial charge on any atom is -0.395 e. The van der Waals surface area contributed by atoms with Crippen LogP contribution in [0.1, 0.15) is 27.4 Å². The van der Waals surface area contributed by atoms with Crippen LogP contribution in [0.3, 0.4) is 0 Å². The van der Waals surface area contributed by atoms with Crippen LogP contribution in [-0.2, 0) is 6.54 Å². The predicted molar refractivity (Wildman–Crippen MR) is 120 cm³/mol. The minimum atomic E-state index is -0.188. The number of likely N-dealkylation sites (tertiary alicyclic amines) is 2. The zero-order valence-electron chi connectivity index (χ0n) is 17.1. The van der Waals surface area contributed by atoms with Gasteiger partial charge in [0.2, 0.25) is 0 Å². The highest BCUT2D eigenvalue weighted by Crippen LogP contribution is 2.54. The molecule has 1 amide bonds. The van der Waals surface area contributed by atoms with E-state index >= 15 is 0 Å². The van der Waals surface area contributed by atoms with Gasteiger partial charge in [-0.2, -0.15) is 0 Å². The van der Waals surface area contributed by atoms with Crippen molar-refractivity contribution in [3.05, 3.63) is 101 Å². The van der Waals surface area contributed by atoms with Crippen molar-refractivity contribution in [2.45, 2.75) is 24.0 Å². The topological polar surface area (TPSA) is 56.7 Å². The van der Waals surface area contributed by atoms with Crippen LogP contribution in [0.4, 0.5) is 0 Å². The monoisotopic (exact) mass is 433 g/mol. The molecule has 2 atom stereocenters. The number of rotatable bonds is 5. The van der Waals surface area contributed by atoms with Crippen molar-refractivity contribution in [1.29, 1.82) is 0 Å². The molecular weight excluding hydrogens is 410 g/mol. The molecule has 2 aliphatic rings. The van der Waals surface area contributed by atoms with Gasteiger partial charge in [-0.25, -0.2) is 0 Å². The summed E-state index contributed by atoms with van der Waals surface area (Å²) in [6.07, 6.45) is 3.29. The average molecular weight is 434 g/mol. The summed E-state index contributed by atoms with van der Waals surface area (Å²) in [5.74, 6) is 0.174. The van der Waals surface area contributed by atoms with Gasteiger partial charge in [0, 0.05) is 49.0 Å². The number of carbonyl (C=O) groups excluding carboxylic acids is 1. The van der Waals surface area contributed by atoms with E-state index in [1.165, 1.54) is 5.56 Å². The van der Waals surface area contributed by atoms with E-state index in [2.05, 4.69) is 22.0 Å². The molecular formula is C25H24ClN3O2. The Morgan fingerprint density at radius 3 is 2.45 bits per heavy atom. The summed E-state index contributed by atoms with van der Waals surface area (Å²) >= 11 is 6.06.